The molecule has 1 fully saturated rings. The van der Waals surface area contributed by atoms with Crippen LogP contribution in [0.25, 0.3) is 6.08 Å². The summed E-state index contributed by atoms with van der Waals surface area (Å²) in [5, 5.41) is 0. The number of nitrogens with zero attached hydrogens (tertiary/aromatic N) is 3. The van der Waals surface area contributed by atoms with Gasteiger partial charge in [-0.1, -0.05) is 18.2 Å². The molecule has 0 N–H and O–H groups in total. The largest absolute Gasteiger partial charge is 0.493 e. The first-order valence-corrected chi connectivity index (χ1v) is 9.28. The van der Waals surface area contributed by atoms with Crippen LogP contribution in [-0.4, -0.2) is 60.6 Å². The second-order valence-electron chi connectivity index (χ2n) is 6.51. The highest BCUT2D eigenvalue weighted by atomic mass is 19.3. The number of carbonyl (C=O) groups excluding carboxylic acids is 1. The van der Waals surface area contributed by atoms with Gasteiger partial charge in [-0.3, -0.25) is 14.7 Å². The van der Waals surface area contributed by atoms with Crippen LogP contribution in [0.15, 0.2) is 48.7 Å². The minimum absolute atomic E-state index is 0.0887. The summed E-state index contributed by atoms with van der Waals surface area (Å²) in [6.45, 7) is 0.436. The van der Waals surface area contributed by atoms with E-state index in [9.17, 15) is 13.6 Å². The predicted molar refractivity (Wildman–Crippen MR) is 105 cm³/mol. The average molecular weight is 403 g/mol. The molecular formula is C21H23F2N3O3. The highest BCUT2D eigenvalue weighted by Gasteiger charge is 2.20. The molecule has 3 rings (SSSR count). The number of pyridine rings is 1. The molecule has 1 aromatic heterocycles. The monoisotopic (exact) mass is 403 g/mol. The van der Waals surface area contributed by atoms with Crippen molar-refractivity contribution in [3.63, 3.8) is 0 Å². The molecule has 1 amide bonds. The van der Waals surface area contributed by atoms with Gasteiger partial charge in [-0.2, -0.15) is 8.78 Å². The summed E-state index contributed by atoms with van der Waals surface area (Å²) in [6, 6.07) is 10.6. The number of aromatic nitrogens is 1. The Kier molecular flexibility index (Phi) is 7.13. The van der Waals surface area contributed by atoms with Gasteiger partial charge >= 0.3 is 6.61 Å². The average Bonchev–Trinajstić information content (AvgIpc) is 2.73. The van der Waals surface area contributed by atoms with Crippen molar-refractivity contribution in [3.05, 3.63) is 59.9 Å². The van der Waals surface area contributed by atoms with Crippen molar-refractivity contribution in [2.24, 2.45) is 0 Å². The van der Waals surface area contributed by atoms with Crippen molar-refractivity contribution in [1.82, 2.24) is 14.8 Å². The fraction of sp³-hybridized carbons (Fsp3) is 0.333. The summed E-state index contributed by atoms with van der Waals surface area (Å²) in [4.78, 5) is 20.8. The lowest BCUT2D eigenvalue weighted by Gasteiger charge is -2.34. The molecule has 0 saturated carbocycles. The van der Waals surface area contributed by atoms with E-state index >= 15 is 0 Å². The standard InChI is InChI=1S/C21H23F2N3O3/c1-28-18-7-4-5-16(20(18)29-21(22)23)8-9-19(27)26-13-11-25(12-14-26)15-17-6-2-3-10-24-17/h2-10,21H,11-15H2,1H3/b9-8+. The molecule has 8 heteroatoms. The highest BCUT2D eigenvalue weighted by Crippen LogP contribution is 2.33. The van der Waals surface area contributed by atoms with Crippen LogP contribution in [0.5, 0.6) is 11.5 Å². The molecule has 0 atom stereocenters. The Bertz CT molecular complexity index is 838. The fourth-order valence-corrected chi connectivity index (χ4v) is 3.15. The zero-order chi connectivity index (χ0) is 20.6. The van der Waals surface area contributed by atoms with E-state index in [1.165, 1.54) is 25.3 Å². The zero-order valence-electron chi connectivity index (χ0n) is 16.1. The number of benzene rings is 1. The Morgan fingerprint density at radius 1 is 1.17 bits per heavy atom. The van der Waals surface area contributed by atoms with Crippen molar-refractivity contribution in [3.8, 4) is 11.5 Å². The molecule has 0 unspecified atom stereocenters. The number of piperazine rings is 1. The van der Waals surface area contributed by atoms with Crippen molar-refractivity contribution < 1.29 is 23.0 Å². The number of rotatable bonds is 7. The number of ether oxygens (including phenoxy) is 2. The number of alkyl halides is 2. The van der Waals surface area contributed by atoms with E-state index in [0.717, 1.165) is 25.3 Å². The quantitative estimate of drug-likeness (QED) is 0.665. The van der Waals surface area contributed by atoms with Gasteiger partial charge < -0.3 is 14.4 Å². The lowest BCUT2D eigenvalue weighted by Crippen LogP contribution is -2.47. The first-order chi connectivity index (χ1) is 14.1. The summed E-state index contributed by atoms with van der Waals surface area (Å²) in [5.74, 6) is -0.0782. The SMILES string of the molecule is COc1cccc(/C=C/C(=O)N2CCN(Cc3ccccn3)CC2)c1OC(F)F. The Hall–Kier alpha value is -3.00. The van der Waals surface area contributed by atoms with E-state index in [2.05, 4.69) is 14.6 Å². The zero-order valence-corrected chi connectivity index (χ0v) is 16.1. The second-order valence-corrected chi connectivity index (χ2v) is 6.51. The molecule has 29 heavy (non-hydrogen) atoms. The molecule has 0 spiro atoms. The van der Waals surface area contributed by atoms with Gasteiger partial charge in [0.2, 0.25) is 5.91 Å². The van der Waals surface area contributed by atoms with E-state index in [4.69, 9.17) is 4.74 Å². The molecule has 2 aromatic rings. The number of methoxy groups -OCH3 is 1. The minimum Gasteiger partial charge on any atom is -0.493 e. The van der Waals surface area contributed by atoms with Gasteiger partial charge in [0.05, 0.1) is 12.8 Å². The normalized spacial score (nSPS) is 15.1. The van der Waals surface area contributed by atoms with Crippen molar-refractivity contribution in [2.45, 2.75) is 13.2 Å². The molecule has 1 aliphatic rings. The number of halogens is 2. The molecule has 0 bridgehead atoms. The number of para-hydroxylation sites is 1. The van der Waals surface area contributed by atoms with E-state index in [0.29, 0.717) is 18.7 Å². The number of hydrogen-bond acceptors (Lipinski definition) is 5. The molecule has 0 radical (unpaired) electrons. The van der Waals surface area contributed by atoms with Crippen LogP contribution in [0.1, 0.15) is 11.3 Å². The summed E-state index contributed by atoms with van der Waals surface area (Å²) < 4.78 is 35.1. The van der Waals surface area contributed by atoms with Gasteiger partial charge in [0.1, 0.15) is 0 Å². The maximum Gasteiger partial charge on any atom is 0.387 e. The van der Waals surface area contributed by atoms with Gasteiger partial charge in [-0.25, -0.2) is 0 Å². The second kappa shape index (κ2) is 9.97. The third kappa shape index (κ3) is 5.74. The van der Waals surface area contributed by atoms with E-state index in [-0.39, 0.29) is 17.4 Å². The summed E-state index contributed by atoms with van der Waals surface area (Å²) in [6.07, 6.45) is 4.62. The van der Waals surface area contributed by atoms with Gasteiger partial charge in [0.25, 0.3) is 0 Å². The topological polar surface area (TPSA) is 54.9 Å². The molecule has 1 aliphatic heterocycles. The highest BCUT2D eigenvalue weighted by molar-refractivity contribution is 5.92. The molecule has 1 saturated heterocycles. The van der Waals surface area contributed by atoms with Crippen LogP contribution in [0.2, 0.25) is 0 Å². The van der Waals surface area contributed by atoms with Crippen molar-refractivity contribution in [2.75, 3.05) is 33.3 Å². The first kappa shape index (κ1) is 20.7. The van der Waals surface area contributed by atoms with E-state index in [1.807, 2.05) is 18.2 Å². The number of hydrogen-bond donors (Lipinski definition) is 0. The van der Waals surface area contributed by atoms with Gasteiger partial charge in [-0.05, 0) is 24.3 Å². The Morgan fingerprint density at radius 3 is 2.62 bits per heavy atom. The maximum absolute atomic E-state index is 12.7. The molecule has 0 aliphatic carbocycles. The van der Waals surface area contributed by atoms with Crippen LogP contribution in [0, 0.1) is 0 Å². The molecule has 6 nitrogen and oxygen atoms in total. The first-order valence-electron chi connectivity index (χ1n) is 9.28. The smallest absolute Gasteiger partial charge is 0.387 e. The maximum atomic E-state index is 12.7. The number of amides is 1. The van der Waals surface area contributed by atoms with E-state index < -0.39 is 6.61 Å². The summed E-state index contributed by atoms with van der Waals surface area (Å²) in [7, 11) is 1.37. The van der Waals surface area contributed by atoms with Gasteiger partial charge in [-0.15, -0.1) is 0 Å². The van der Waals surface area contributed by atoms with Gasteiger partial charge in [0, 0.05) is 50.6 Å². The lowest BCUT2D eigenvalue weighted by atomic mass is 10.1. The third-order valence-corrected chi connectivity index (χ3v) is 4.64. The fourth-order valence-electron chi connectivity index (χ4n) is 3.15. The Labute approximate surface area is 168 Å². The van der Waals surface area contributed by atoms with E-state index in [1.54, 1.807) is 23.2 Å². The van der Waals surface area contributed by atoms with Crippen LogP contribution in [0.3, 0.4) is 0 Å². The Morgan fingerprint density at radius 2 is 1.97 bits per heavy atom. The van der Waals surface area contributed by atoms with Crippen LogP contribution in [-0.2, 0) is 11.3 Å². The molecule has 154 valence electrons. The predicted octanol–water partition coefficient (Wildman–Crippen LogP) is 3.05. The molecule has 2 heterocycles. The molecular weight excluding hydrogens is 380 g/mol. The molecule has 1 aromatic carbocycles. The summed E-state index contributed by atoms with van der Waals surface area (Å²) in [5.41, 5.74) is 1.35. The minimum atomic E-state index is -2.98. The Balaban J connectivity index is 1.59. The van der Waals surface area contributed by atoms with Crippen LogP contribution >= 0.6 is 0 Å². The summed E-state index contributed by atoms with van der Waals surface area (Å²) >= 11 is 0. The number of carbonyl (C=O) groups is 1. The van der Waals surface area contributed by atoms with Crippen molar-refractivity contribution in [1.29, 1.82) is 0 Å². The van der Waals surface area contributed by atoms with Crippen LogP contribution < -0.4 is 9.47 Å². The lowest BCUT2D eigenvalue weighted by molar-refractivity contribution is -0.127. The van der Waals surface area contributed by atoms with Gasteiger partial charge in [0.15, 0.2) is 11.5 Å². The van der Waals surface area contributed by atoms with Crippen LogP contribution in [0.4, 0.5) is 8.78 Å². The third-order valence-electron chi connectivity index (χ3n) is 4.64. The van der Waals surface area contributed by atoms with Crippen molar-refractivity contribution >= 4 is 12.0 Å².